The van der Waals surface area contributed by atoms with Gasteiger partial charge in [0.25, 0.3) is 0 Å². The molecular formula is C13H20BN3O2. The third kappa shape index (κ3) is 2.50. The Morgan fingerprint density at radius 3 is 2.37 bits per heavy atom. The van der Waals surface area contributed by atoms with Crippen molar-refractivity contribution in [3.63, 3.8) is 0 Å². The Kier molecular flexibility index (Phi) is 3.41. The summed E-state index contributed by atoms with van der Waals surface area (Å²) in [4.78, 5) is 8.13. The predicted molar refractivity (Wildman–Crippen MR) is 77.9 cm³/mol. The molecule has 0 aromatic carbocycles. The second-order valence-corrected chi connectivity index (χ2v) is 5.72. The zero-order chi connectivity index (χ0) is 14.3. The zero-order valence-corrected chi connectivity index (χ0v) is 12.1. The molecule has 0 amide bonds. The average Bonchev–Trinajstić information content (AvgIpc) is 2.51. The number of nitrogens with zero attached hydrogens (tertiary/aromatic N) is 2. The van der Waals surface area contributed by atoms with E-state index in [0.29, 0.717) is 5.82 Å². The molecular weight excluding hydrogens is 241 g/mol. The Morgan fingerprint density at radius 1 is 1.26 bits per heavy atom. The number of nitrogens with two attached hydrogens (primary N) is 1. The van der Waals surface area contributed by atoms with E-state index in [1.54, 1.807) is 19.5 Å². The highest BCUT2D eigenvalue weighted by Gasteiger charge is 2.51. The quantitative estimate of drug-likeness (QED) is 0.637. The van der Waals surface area contributed by atoms with Crippen LogP contribution in [0.4, 0.5) is 5.82 Å². The van der Waals surface area contributed by atoms with Crippen molar-refractivity contribution in [1.82, 2.24) is 4.98 Å². The fourth-order valence-electron chi connectivity index (χ4n) is 1.86. The van der Waals surface area contributed by atoms with Gasteiger partial charge in [-0.25, -0.2) is 4.98 Å². The van der Waals surface area contributed by atoms with Crippen LogP contribution in [-0.4, -0.2) is 36.6 Å². The Morgan fingerprint density at radius 2 is 1.84 bits per heavy atom. The first-order valence-electron chi connectivity index (χ1n) is 6.30. The Balaban J connectivity index is 2.32. The van der Waals surface area contributed by atoms with E-state index in [1.165, 1.54) is 0 Å². The second kappa shape index (κ2) is 4.61. The van der Waals surface area contributed by atoms with Gasteiger partial charge in [0.15, 0.2) is 0 Å². The molecule has 1 aliphatic rings. The van der Waals surface area contributed by atoms with Crippen molar-refractivity contribution in [3.8, 4) is 0 Å². The summed E-state index contributed by atoms with van der Waals surface area (Å²) in [5.74, 6) is 0.450. The van der Waals surface area contributed by atoms with Gasteiger partial charge >= 0.3 is 7.12 Å². The fraction of sp³-hybridized carbons (Fsp3) is 0.538. The summed E-state index contributed by atoms with van der Waals surface area (Å²) in [5.41, 5.74) is 6.69. The molecule has 0 unspecified atom stereocenters. The van der Waals surface area contributed by atoms with E-state index < -0.39 is 7.12 Å². The van der Waals surface area contributed by atoms with Crippen molar-refractivity contribution in [3.05, 3.63) is 17.8 Å². The van der Waals surface area contributed by atoms with Crippen LogP contribution in [0.25, 0.3) is 0 Å². The molecule has 0 saturated carbocycles. The molecule has 0 spiro atoms. The SMILES string of the molecule is CN=Cc1cc(B2OC(C)(C)C(C)(C)O2)cnc1N. The number of anilines is 1. The lowest BCUT2D eigenvalue weighted by Crippen LogP contribution is -2.41. The van der Waals surface area contributed by atoms with Crippen LogP contribution in [0, 0.1) is 0 Å². The van der Waals surface area contributed by atoms with Crippen LogP contribution >= 0.6 is 0 Å². The minimum absolute atomic E-state index is 0.363. The van der Waals surface area contributed by atoms with E-state index in [9.17, 15) is 0 Å². The highest BCUT2D eigenvalue weighted by molar-refractivity contribution is 6.62. The summed E-state index contributed by atoms with van der Waals surface area (Å²) in [7, 11) is 1.27. The average molecular weight is 261 g/mol. The van der Waals surface area contributed by atoms with Gasteiger partial charge in [0, 0.05) is 30.5 Å². The predicted octanol–water partition coefficient (Wildman–Crippen LogP) is 1.01. The Labute approximate surface area is 114 Å². The molecule has 0 aliphatic carbocycles. The van der Waals surface area contributed by atoms with Crippen LogP contribution in [0.2, 0.25) is 0 Å². The van der Waals surface area contributed by atoms with Gasteiger partial charge in [0.1, 0.15) is 5.82 Å². The number of rotatable bonds is 2. The van der Waals surface area contributed by atoms with Gasteiger partial charge in [0.05, 0.1) is 11.2 Å². The standard InChI is InChI=1S/C13H20BN3O2/c1-12(2)13(3,4)19-14(18-12)10-6-9(7-16-5)11(15)17-8-10/h6-8H,1-5H3,(H2,15,17). The minimum atomic E-state index is -0.429. The minimum Gasteiger partial charge on any atom is -0.399 e. The van der Waals surface area contributed by atoms with Crippen molar-refractivity contribution in [1.29, 1.82) is 0 Å². The summed E-state index contributed by atoms with van der Waals surface area (Å²) in [5, 5.41) is 0. The van der Waals surface area contributed by atoms with Crippen LogP contribution in [0.3, 0.4) is 0 Å². The lowest BCUT2D eigenvalue weighted by molar-refractivity contribution is 0.00578. The number of aromatic nitrogens is 1. The maximum absolute atomic E-state index is 5.98. The van der Waals surface area contributed by atoms with E-state index >= 15 is 0 Å². The number of hydrogen-bond acceptors (Lipinski definition) is 5. The van der Waals surface area contributed by atoms with Crippen LogP contribution in [-0.2, 0) is 9.31 Å². The summed E-state index contributed by atoms with van der Waals surface area (Å²) in [6.07, 6.45) is 3.36. The summed E-state index contributed by atoms with van der Waals surface area (Å²) < 4.78 is 12.0. The molecule has 5 nitrogen and oxygen atoms in total. The first kappa shape index (κ1) is 14.0. The van der Waals surface area contributed by atoms with Gasteiger partial charge in [-0.2, -0.15) is 0 Å². The molecule has 19 heavy (non-hydrogen) atoms. The lowest BCUT2D eigenvalue weighted by atomic mass is 9.79. The van der Waals surface area contributed by atoms with Gasteiger partial charge in [-0.3, -0.25) is 4.99 Å². The molecule has 0 radical (unpaired) electrons. The molecule has 2 rings (SSSR count). The van der Waals surface area contributed by atoms with Gasteiger partial charge in [-0.15, -0.1) is 0 Å². The fourth-order valence-corrected chi connectivity index (χ4v) is 1.86. The van der Waals surface area contributed by atoms with Crippen molar-refractivity contribution < 1.29 is 9.31 Å². The van der Waals surface area contributed by atoms with Crippen LogP contribution < -0.4 is 11.2 Å². The van der Waals surface area contributed by atoms with Crippen LogP contribution in [0.15, 0.2) is 17.3 Å². The molecule has 0 bridgehead atoms. The molecule has 0 atom stereocenters. The topological polar surface area (TPSA) is 69.7 Å². The third-order valence-corrected chi connectivity index (χ3v) is 3.76. The molecule has 2 heterocycles. The summed E-state index contributed by atoms with van der Waals surface area (Å²) in [6.45, 7) is 8.08. The normalized spacial score (nSPS) is 21.2. The second-order valence-electron chi connectivity index (χ2n) is 5.72. The first-order valence-corrected chi connectivity index (χ1v) is 6.30. The molecule has 2 N–H and O–H groups in total. The Hall–Kier alpha value is -1.40. The lowest BCUT2D eigenvalue weighted by Gasteiger charge is -2.32. The van der Waals surface area contributed by atoms with E-state index in [-0.39, 0.29) is 11.2 Å². The number of hydrogen-bond donors (Lipinski definition) is 1. The molecule has 102 valence electrons. The maximum Gasteiger partial charge on any atom is 0.496 e. The first-order chi connectivity index (χ1) is 8.77. The van der Waals surface area contributed by atoms with Crippen LogP contribution in [0.1, 0.15) is 33.3 Å². The number of aliphatic imine (C=N–C) groups is 1. The van der Waals surface area contributed by atoms with Crippen molar-refractivity contribution in [2.45, 2.75) is 38.9 Å². The van der Waals surface area contributed by atoms with E-state index in [1.807, 2.05) is 33.8 Å². The van der Waals surface area contributed by atoms with Crippen molar-refractivity contribution in [2.24, 2.45) is 4.99 Å². The van der Waals surface area contributed by atoms with E-state index in [2.05, 4.69) is 9.98 Å². The van der Waals surface area contributed by atoms with Gasteiger partial charge in [0.2, 0.25) is 0 Å². The highest BCUT2D eigenvalue weighted by atomic mass is 16.7. The van der Waals surface area contributed by atoms with Crippen LogP contribution in [0.5, 0.6) is 0 Å². The smallest absolute Gasteiger partial charge is 0.399 e. The maximum atomic E-state index is 5.98. The summed E-state index contributed by atoms with van der Waals surface area (Å²) in [6, 6.07) is 1.90. The molecule has 1 aromatic rings. The van der Waals surface area contributed by atoms with E-state index in [4.69, 9.17) is 15.0 Å². The molecule has 6 heteroatoms. The summed E-state index contributed by atoms with van der Waals surface area (Å²) >= 11 is 0. The van der Waals surface area contributed by atoms with Gasteiger partial charge in [-0.1, -0.05) is 0 Å². The molecule has 1 aliphatic heterocycles. The van der Waals surface area contributed by atoms with E-state index in [0.717, 1.165) is 11.0 Å². The van der Waals surface area contributed by atoms with Crippen molar-refractivity contribution in [2.75, 3.05) is 12.8 Å². The number of pyridine rings is 1. The largest absolute Gasteiger partial charge is 0.496 e. The highest BCUT2D eigenvalue weighted by Crippen LogP contribution is 2.36. The molecule has 1 fully saturated rings. The Bertz CT molecular complexity index is 499. The number of nitrogen functional groups attached to an aromatic ring is 1. The molecule has 1 saturated heterocycles. The molecule has 1 aromatic heterocycles. The van der Waals surface area contributed by atoms with Crippen molar-refractivity contribution >= 4 is 24.6 Å². The monoisotopic (exact) mass is 261 g/mol. The van der Waals surface area contributed by atoms with Gasteiger partial charge < -0.3 is 15.0 Å². The van der Waals surface area contributed by atoms with Gasteiger partial charge in [-0.05, 0) is 33.8 Å². The zero-order valence-electron chi connectivity index (χ0n) is 12.1. The third-order valence-electron chi connectivity index (χ3n) is 3.76.